The second kappa shape index (κ2) is 5.40. The first-order chi connectivity index (χ1) is 9.65. The van der Waals surface area contributed by atoms with Crippen LogP contribution >= 0.6 is 15.9 Å². The van der Waals surface area contributed by atoms with Crippen LogP contribution in [0.25, 0.3) is 0 Å². The van der Waals surface area contributed by atoms with Gasteiger partial charge in [0.2, 0.25) is 5.76 Å². The molecule has 1 amide bonds. The fourth-order valence-corrected chi connectivity index (χ4v) is 2.91. The lowest BCUT2D eigenvalue weighted by Crippen LogP contribution is -2.30. The molecule has 0 saturated carbocycles. The number of hydrogen-bond acceptors (Lipinski definition) is 3. The van der Waals surface area contributed by atoms with Crippen LogP contribution in [0.5, 0.6) is 0 Å². The molecule has 104 valence electrons. The average molecular weight is 335 g/mol. The van der Waals surface area contributed by atoms with Gasteiger partial charge in [-0.1, -0.05) is 33.2 Å². The summed E-state index contributed by atoms with van der Waals surface area (Å²) in [5, 5.41) is 3.79. The van der Waals surface area contributed by atoms with Crippen LogP contribution in [0.4, 0.5) is 0 Å². The Morgan fingerprint density at radius 3 is 2.80 bits per heavy atom. The van der Waals surface area contributed by atoms with Crippen molar-refractivity contribution in [3.8, 4) is 0 Å². The van der Waals surface area contributed by atoms with E-state index in [0.717, 1.165) is 35.1 Å². The molecule has 1 aromatic carbocycles. The third-order valence-corrected chi connectivity index (χ3v) is 4.14. The molecular formula is C15H15BrN2O2. The molecule has 0 N–H and O–H groups in total. The summed E-state index contributed by atoms with van der Waals surface area (Å²) in [5.41, 5.74) is 1.89. The molecule has 1 aliphatic rings. The molecule has 0 aliphatic carbocycles. The van der Waals surface area contributed by atoms with Crippen LogP contribution in [0.15, 0.2) is 39.3 Å². The van der Waals surface area contributed by atoms with Gasteiger partial charge in [-0.25, -0.2) is 0 Å². The normalized spacial score (nSPS) is 18.5. The maximum Gasteiger partial charge on any atom is 0.292 e. The third kappa shape index (κ3) is 2.50. The number of aromatic nitrogens is 1. The predicted octanol–water partition coefficient (Wildman–Crippen LogP) is 3.72. The molecule has 1 aliphatic heterocycles. The number of hydrogen-bond donors (Lipinski definition) is 0. The van der Waals surface area contributed by atoms with Crippen molar-refractivity contribution in [3.63, 3.8) is 0 Å². The van der Waals surface area contributed by atoms with Crippen molar-refractivity contribution < 1.29 is 9.32 Å². The van der Waals surface area contributed by atoms with E-state index >= 15 is 0 Å². The monoisotopic (exact) mass is 334 g/mol. The van der Waals surface area contributed by atoms with Crippen LogP contribution in [0.3, 0.4) is 0 Å². The third-order valence-electron chi connectivity index (χ3n) is 3.61. The summed E-state index contributed by atoms with van der Waals surface area (Å²) in [6.45, 7) is 2.58. The molecule has 2 aromatic rings. The number of carbonyl (C=O) groups excluding carboxylic acids is 1. The minimum absolute atomic E-state index is 0.0731. The molecular weight excluding hydrogens is 320 g/mol. The van der Waals surface area contributed by atoms with Crippen LogP contribution in [0.1, 0.15) is 40.7 Å². The van der Waals surface area contributed by atoms with Gasteiger partial charge in [-0.15, -0.1) is 0 Å². The highest BCUT2D eigenvalue weighted by Crippen LogP contribution is 2.33. The van der Waals surface area contributed by atoms with E-state index in [4.69, 9.17) is 4.52 Å². The first kappa shape index (κ1) is 13.4. The summed E-state index contributed by atoms with van der Waals surface area (Å²) in [6.07, 6.45) is 2.00. The van der Waals surface area contributed by atoms with Crippen LogP contribution in [-0.4, -0.2) is 22.5 Å². The molecule has 2 heterocycles. The number of rotatable bonds is 2. The summed E-state index contributed by atoms with van der Waals surface area (Å²) < 4.78 is 6.14. The van der Waals surface area contributed by atoms with Gasteiger partial charge in [0.1, 0.15) is 0 Å². The minimum atomic E-state index is -0.0731. The predicted molar refractivity (Wildman–Crippen MR) is 78.4 cm³/mol. The van der Waals surface area contributed by atoms with E-state index in [-0.39, 0.29) is 11.9 Å². The standard InChI is InChI=1S/C15H15BrN2O2/c1-10-9-14(20-17-10)15(19)18-8-2-3-13(18)11-4-6-12(16)7-5-11/h4-7,9,13H,2-3,8H2,1H3/t13-/m1/s1. The number of halogens is 1. The van der Waals surface area contributed by atoms with Gasteiger partial charge in [0.25, 0.3) is 5.91 Å². The Hall–Kier alpha value is -1.62. The van der Waals surface area contributed by atoms with Gasteiger partial charge < -0.3 is 9.42 Å². The molecule has 0 radical (unpaired) electrons. The molecule has 1 aromatic heterocycles. The summed E-state index contributed by atoms with van der Waals surface area (Å²) in [4.78, 5) is 14.4. The zero-order valence-electron chi connectivity index (χ0n) is 11.2. The van der Waals surface area contributed by atoms with Gasteiger partial charge >= 0.3 is 0 Å². The summed E-state index contributed by atoms with van der Waals surface area (Å²) in [6, 6.07) is 9.96. The lowest BCUT2D eigenvalue weighted by Gasteiger charge is -2.24. The number of amides is 1. The Morgan fingerprint density at radius 1 is 1.40 bits per heavy atom. The quantitative estimate of drug-likeness (QED) is 0.840. The fourth-order valence-electron chi connectivity index (χ4n) is 2.65. The van der Waals surface area contributed by atoms with Crippen molar-refractivity contribution in [1.29, 1.82) is 0 Å². The minimum Gasteiger partial charge on any atom is -0.351 e. The second-order valence-electron chi connectivity index (χ2n) is 5.04. The van der Waals surface area contributed by atoms with E-state index in [1.54, 1.807) is 6.07 Å². The maximum atomic E-state index is 12.5. The Kier molecular flexibility index (Phi) is 3.61. The van der Waals surface area contributed by atoms with Gasteiger partial charge in [-0.3, -0.25) is 4.79 Å². The lowest BCUT2D eigenvalue weighted by molar-refractivity contribution is 0.0693. The molecule has 5 heteroatoms. The van der Waals surface area contributed by atoms with Crippen molar-refractivity contribution in [3.05, 3.63) is 51.8 Å². The van der Waals surface area contributed by atoms with E-state index in [2.05, 4.69) is 33.2 Å². The fraction of sp³-hybridized carbons (Fsp3) is 0.333. The summed E-state index contributed by atoms with van der Waals surface area (Å²) in [5.74, 6) is 0.252. The zero-order chi connectivity index (χ0) is 14.1. The zero-order valence-corrected chi connectivity index (χ0v) is 12.8. The molecule has 1 fully saturated rings. The van der Waals surface area contributed by atoms with E-state index < -0.39 is 0 Å². The highest BCUT2D eigenvalue weighted by Gasteiger charge is 2.32. The first-order valence-electron chi connectivity index (χ1n) is 6.65. The summed E-state index contributed by atoms with van der Waals surface area (Å²) >= 11 is 3.43. The molecule has 1 saturated heterocycles. The lowest BCUT2D eigenvalue weighted by atomic mass is 10.0. The second-order valence-corrected chi connectivity index (χ2v) is 5.96. The van der Waals surface area contributed by atoms with Crippen LogP contribution < -0.4 is 0 Å². The molecule has 0 bridgehead atoms. The molecule has 0 spiro atoms. The smallest absolute Gasteiger partial charge is 0.292 e. The SMILES string of the molecule is Cc1cc(C(=O)N2CCC[C@@H]2c2ccc(Br)cc2)on1. The number of aryl methyl sites for hydroxylation is 1. The van der Waals surface area contributed by atoms with Crippen molar-refractivity contribution in [2.45, 2.75) is 25.8 Å². The molecule has 20 heavy (non-hydrogen) atoms. The maximum absolute atomic E-state index is 12.5. The summed E-state index contributed by atoms with van der Waals surface area (Å²) in [7, 11) is 0. The number of nitrogens with zero attached hydrogens (tertiary/aromatic N) is 2. The molecule has 1 atom stereocenters. The highest BCUT2D eigenvalue weighted by molar-refractivity contribution is 9.10. The van der Waals surface area contributed by atoms with Crippen LogP contribution in [0, 0.1) is 6.92 Å². The average Bonchev–Trinajstić information content (AvgIpc) is 3.07. The highest BCUT2D eigenvalue weighted by atomic mass is 79.9. The number of likely N-dealkylation sites (tertiary alicyclic amines) is 1. The largest absolute Gasteiger partial charge is 0.351 e. The number of carbonyl (C=O) groups is 1. The van der Waals surface area contributed by atoms with E-state index in [0.29, 0.717) is 5.76 Å². The van der Waals surface area contributed by atoms with Crippen LogP contribution in [-0.2, 0) is 0 Å². The van der Waals surface area contributed by atoms with Gasteiger partial charge in [0.05, 0.1) is 11.7 Å². The Morgan fingerprint density at radius 2 is 2.15 bits per heavy atom. The van der Waals surface area contributed by atoms with Crippen molar-refractivity contribution in [1.82, 2.24) is 10.1 Å². The molecule has 4 nitrogen and oxygen atoms in total. The molecule has 0 unspecified atom stereocenters. The van der Waals surface area contributed by atoms with E-state index in [1.165, 1.54) is 0 Å². The van der Waals surface area contributed by atoms with Gasteiger partial charge in [0.15, 0.2) is 0 Å². The van der Waals surface area contributed by atoms with Crippen molar-refractivity contribution in [2.75, 3.05) is 6.54 Å². The van der Waals surface area contributed by atoms with Gasteiger partial charge in [-0.2, -0.15) is 0 Å². The topological polar surface area (TPSA) is 46.3 Å². The van der Waals surface area contributed by atoms with E-state index in [1.807, 2.05) is 24.0 Å². The van der Waals surface area contributed by atoms with E-state index in [9.17, 15) is 4.79 Å². The Bertz CT molecular complexity index is 621. The van der Waals surface area contributed by atoms with Gasteiger partial charge in [-0.05, 0) is 37.5 Å². The van der Waals surface area contributed by atoms with Crippen LogP contribution in [0.2, 0.25) is 0 Å². The Balaban J connectivity index is 1.85. The number of benzene rings is 1. The molecule has 3 rings (SSSR count). The van der Waals surface area contributed by atoms with Crippen molar-refractivity contribution >= 4 is 21.8 Å². The first-order valence-corrected chi connectivity index (χ1v) is 7.44. The Labute approximate surface area is 125 Å². The van der Waals surface area contributed by atoms with Gasteiger partial charge in [0, 0.05) is 17.1 Å². The van der Waals surface area contributed by atoms with Crippen molar-refractivity contribution in [2.24, 2.45) is 0 Å².